The van der Waals surface area contributed by atoms with Gasteiger partial charge in [0.2, 0.25) is 5.91 Å². The van der Waals surface area contributed by atoms with Crippen LogP contribution in [-0.4, -0.2) is 85.4 Å². The van der Waals surface area contributed by atoms with Crippen molar-refractivity contribution in [1.29, 1.82) is 0 Å². The van der Waals surface area contributed by atoms with Crippen LogP contribution in [0.25, 0.3) is 0 Å². The Bertz CT molecular complexity index is 1280. The van der Waals surface area contributed by atoms with Crippen LogP contribution in [0.1, 0.15) is 72.3 Å². The Morgan fingerprint density at radius 1 is 1.05 bits per heavy atom. The number of hydrogen-bond acceptors (Lipinski definition) is 4. The van der Waals surface area contributed by atoms with Crippen LogP contribution >= 0.6 is 23.2 Å². The van der Waals surface area contributed by atoms with Gasteiger partial charge in [0.15, 0.2) is 0 Å². The lowest BCUT2D eigenvalue weighted by Gasteiger charge is -2.51. The number of benzene rings is 2. The maximum atomic E-state index is 13.7. The molecule has 0 radical (unpaired) electrons. The van der Waals surface area contributed by atoms with Crippen molar-refractivity contribution >= 4 is 35.0 Å². The van der Waals surface area contributed by atoms with Crippen LogP contribution < -0.4 is 5.32 Å². The molecule has 0 saturated carbocycles. The largest absolute Gasteiger partial charge is 0.417 e. The molecule has 2 unspecified atom stereocenters. The number of likely N-dealkylation sites (N-methyl/N-ethyl adjacent to an activating group) is 2. The molecular weight excluding hydrogens is 600 g/mol. The molecule has 2 aromatic rings. The molecule has 6 nitrogen and oxygen atoms in total. The zero-order valence-electron chi connectivity index (χ0n) is 25.0. The highest BCUT2D eigenvalue weighted by atomic mass is 35.5. The summed E-state index contributed by atoms with van der Waals surface area (Å²) in [6.07, 6.45) is 1.31. The lowest BCUT2D eigenvalue weighted by molar-refractivity contribution is -0.148. The zero-order valence-corrected chi connectivity index (χ0v) is 26.5. The third-order valence-corrected chi connectivity index (χ3v) is 9.72. The predicted molar refractivity (Wildman–Crippen MR) is 165 cm³/mol. The summed E-state index contributed by atoms with van der Waals surface area (Å²) in [6.45, 7) is 2.59. The zero-order chi connectivity index (χ0) is 31.4. The second-order valence-electron chi connectivity index (χ2n) is 12.0. The average Bonchev–Trinajstić information content (AvgIpc) is 2.99. The van der Waals surface area contributed by atoms with Crippen molar-refractivity contribution in [3.8, 4) is 0 Å². The van der Waals surface area contributed by atoms with Gasteiger partial charge < -0.3 is 15.1 Å². The first-order chi connectivity index (χ1) is 20.3. The molecule has 4 rings (SSSR count). The summed E-state index contributed by atoms with van der Waals surface area (Å²) in [5.41, 5.74) is -1.03. The van der Waals surface area contributed by atoms with Crippen molar-refractivity contribution < 1.29 is 22.8 Å². The average molecular weight is 642 g/mol. The number of piperidine rings is 2. The second-order valence-corrected chi connectivity index (χ2v) is 12.8. The number of amides is 2. The summed E-state index contributed by atoms with van der Waals surface area (Å²) >= 11 is 12.6. The molecule has 2 aliphatic rings. The number of carbonyl (C=O) groups is 2. The van der Waals surface area contributed by atoms with Crippen LogP contribution in [0.2, 0.25) is 10.0 Å². The van der Waals surface area contributed by atoms with E-state index in [-0.39, 0.29) is 30.0 Å². The quantitative estimate of drug-likeness (QED) is 0.331. The van der Waals surface area contributed by atoms with Crippen LogP contribution in [0.5, 0.6) is 0 Å². The maximum Gasteiger partial charge on any atom is 0.417 e. The Hall–Kier alpha value is -2.33. The Morgan fingerprint density at radius 3 is 2.40 bits per heavy atom. The van der Waals surface area contributed by atoms with Crippen molar-refractivity contribution in [3.05, 3.63) is 69.2 Å². The summed E-state index contributed by atoms with van der Waals surface area (Å²) in [4.78, 5) is 32.5. The number of nitrogens with zero attached hydrogens (tertiary/aromatic N) is 3. The van der Waals surface area contributed by atoms with Gasteiger partial charge in [-0.15, -0.1) is 0 Å². The summed E-state index contributed by atoms with van der Waals surface area (Å²) in [7, 11) is 5.16. The van der Waals surface area contributed by atoms with Gasteiger partial charge in [-0.25, -0.2) is 0 Å². The van der Waals surface area contributed by atoms with E-state index in [1.54, 1.807) is 17.0 Å². The molecule has 2 heterocycles. The number of alkyl halides is 3. The number of likely N-dealkylation sites (tertiary alicyclic amines) is 1. The monoisotopic (exact) mass is 640 g/mol. The summed E-state index contributed by atoms with van der Waals surface area (Å²) in [5, 5.41) is 4.18. The van der Waals surface area contributed by atoms with E-state index < -0.39 is 23.2 Å². The molecule has 1 N–H and O–H groups in total. The molecule has 2 atom stereocenters. The van der Waals surface area contributed by atoms with E-state index in [4.69, 9.17) is 23.2 Å². The highest BCUT2D eigenvalue weighted by molar-refractivity contribution is 6.42. The molecule has 0 aromatic heterocycles. The van der Waals surface area contributed by atoms with Gasteiger partial charge in [-0.2, -0.15) is 13.2 Å². The Balaban J connectivity index is 1.60. The van der Waals surface area contributed by atoms with Gasteiger partial charge in [0.25, 0.3) is 5.91 Å². The topological polar surface area (TPSA) is 55.9 Å². The first kappa shape index (κ1) is 33.6. The smallest absolute Gasteiger partial charge is 0.347 e. The molecule has 11 heteroatoms. The highest BCUT2D eigenvalue weighted by Gasteiger charge is 2.48. The third-order valence-electron chi connectivity index (χ3n) is 8.98. The van der Waals surface area contributed by atoms with E-state index in [9.17, 15) is 22.8 Å². The van der Waals surface area contributed by atoms with Crippen LogP contribution in [0.3, 0.4) is 0 Å². The molecular formula is C32H41Cl2F3N4O2. The fourth-order valence-corrected chi connectivity index (χ4v) is 7.11. The van der Waals surface area contributed by atoms with E-state index in [0.717, 1.165) is 69.8 Å². The molecule has 0 spiro atoms. The number of halogens is 5. The van der Waals surface area contributed by atoms with Gasteiger partial charge in [-0.05, 0) is 88.0 Å². The molecule has 2 aliphatic heterocycles. The Labute approximate surface area is 262 Å². The van der Waals surface area contributed by atoms with Gasteiger partial charge in [0.1, 0.15) is 5.54 Å². The van der Waals surface area contributed by atoms with E-state index in [2.05, 4.69) is 10.2 Å². The van der Waals surface area contributed by atoms with Crippen molar-refractivity contribution in [2.24, 2.45) is 0 Å². The SMILES string of the molecule is CN(C)C(=O)C1(N2CCCCC2CCC(CN(C)C(=O)c2ccccc2C(F)(F)F)c2ccc(Cl)c(Cl)c2)CCNCC1. The number of carbonyl (C=O) groups excluding carboxylic acids is 2. The fraction of sp³-hybridized carbons (Fsp3) is 0.562. The molecule has 2 saturated heterocycles. The lowest BCUT2D eigenvalue weighted by atomic mass is 9.80. The molecule has 2 amide bonds. The molecule has 2 fully saturated rings. The first-order valence-electron chi connectivity index (χ1n) is 14.9. The van der Waals surface area contributed by atoms with Crippen molar-refractivity contribution in [3.63, 3.8) is 0 Å². The van der Waals surface area contributed by atoms with E-state index in [0.29, 0.717) is 16.5 Å². The second kappa shape index (κ2) is 14.2. The van der Waals surface area contributed by atoms with Gasteiger partial charge in [-0.1, -0.05) is 47.8 Å². The Morgan fingerprint density at radius 2 is 1.74 bits per heavy atom. The van der Waals surface area contributed by atoms with Crippen molar-refractivity contribution in [1.82, 2.24) is 20.0 Å². The molecule has 43 heavy (non-hydrogen) atoms. The third kappa shape index (κ3) is 7.67. The van der Waals surface area contributed by atoms with Gasteiger partial charge in [0.05, 0.1) is 21.2 Å². The Kier molecular flexibility index (Phi) is 11.1. The van der Waals surface area contributed by atoms with E-state index in [1.807, 2.05) is 20.2 Å². The van der Waals surface area contributed by atoms with Gasteiger partial charge >= 0.3 is 6.18 Å². The number of rotatable bonds is 9. The molecule has 236 valence electrons. The van der Waals surface area contributed by atoms with Gasteiger partial charge in [0, 0.05) is 39.6 Å². The van der Waals surface area contributed by atoms with E-state index in [1.165, 1.54) is 30.1 Å². The standard InChI is InChI=1S/C32H41Cl2F3N4O2/c1-39(2)30(43)31(15-17-38-18-16-31)41-19-7-6-8-24(41)13-11-23(22-12-14-27(33)28(34)20-22)21-40(3)29(42)25-9-4-5-10-26(25)32(35,36)37/h4-5,9-10,12,14,20,23-24,38H,6-8,11,13,15-19,21H2,1-3H3. The van der Waals surface area contributed by atoms with Crippen LogP contribution in [-0.2, 0) is 11.0 Å². The summed E-state index contributed by atoms with van der Waals surface area (Å²) in [6, 6.07) is 10.4. The fourth-order valence-electron chi connectivity index (χ4n) is 6.80. The van der Waals surface area contributed by atoms with Crippen LogP contribution in [0.15, 0.2) is 42.5 Å². The number of hydrogen-bond donors (Lipinski definition) is 1. The molecule has 2 aromatic carbocycles. The lowest BCUT2D eigenvalue weighted by Crippen LogP contribution is -2.66. The predicted octanol–water partition coefficient (Wildman–Crippen LogP) is 6.71. The summed E-state index contributed by atoms with van der Waals surface area (Å²) < 4.78 is 41.1. The van der Waals surface area contributed by atoms with E-state index >= 15 is 0 Å². The van der Waals surface area contributed by atoms with Crippen molar-refractivity contribution in [2.75, 3.05) is 47.3 Å². The summed E-state index contributed by atoms with van der Waals surface area (Å²) in [5.74, 6) is -0.767. The highest BCUT2D eigenvalue weighted by Crippen LogP contribution is 2.38. The first-order valence-corrected chi connectivity index (χ1v) is 15.7. The normalized spacial score (nSPS) is 20.0. The van der Waals surface area contributed by atoms with Crippen molar-refractivity contribution in [2.45, 2.75) is 68.6 Å². The minimum atomic E-state index is -4.64. The van der Waals surface area contributed by atoms with Crippen LogP contribution in [0, 0.1) is 0 Å². The van der Waals surface area contributed by atoms with Crippen LogP contribution in [0.4, 0.5) is 13.2 Å². The number of nitrogens with one attached hydrogen (secondary N) is 1. The molecule has 0 aliphatic carbocycles. The molecule has 0 bridgehead atoms. The van der Waals surface area contributed by atoms with Gasteiger partial charge in [-0.3, -0.25) is 14.5 Å². The minimum absolute atomic E-state index is 0.135. The maximum absolute atomic E-state index is 13.7. The minimum Gasteiger partial charge on any atom is -0.347 e.